The summed E-state index contributed by atoms with van der Waals surface area (Å²) in [5.41, 5.74) is 0.400. The Kier molecular flexibility index (Phi) is 14.8. The largest absolute Gasteiger partial charge is 0.493 e. The van der Waals surface area contributed by atoms with Gasteiger partial charge in [-0.25, -0.2) is 4.79 Å². The first-order valence-corrected chi connectivity index (χ1v) is 15.2. The fourth-order valence-electron chi connectivity index (χ4n) is 5.19. The number of carbonyl (C=O) groups excluding carboxylic acids is 2. The molecule has 1 aromatic carbocycles. The van der Waals surface area contributed by atoms with Gasteiger partial charge in [0.1, 0.15) is 5.60 Å². The lowest BCUT2D eigenvalue weighted by Gasteiger charge is -2.32. The van der Waals surface area contributed by atoms with E-state index < -0.39 is 23.8 Å². The lowest BCUT2D eigenvalue weighted by atomic mass is 9.83. The summed E-state index contributed by atoms with van der Waals surface area (Å²) in [7, 11) is 3.29. The minimum absolute atomic E-state index is 0.00221. The minimum atomic E-state index is -0.966. The number of nitrogens with one attached hydrogen (secondary N) is 2. The van der Waals surface area contributed by atoms with Crippen molar-refractivity contribution in [3.05, 3.63) is 23.8 Å². The summed E-state index contributed by atoms with van der Waals surface area (Å²) in [5.74, 6) is 1.70. The molecule has 41 heavy (non-hydrogen) atoms. The Morgan fingerprint density at radius 2 is 1.76 bits per heavy atom. The van der Waals surface area contributed by atoms with Gasteiger partial charge in [0.15, 0.2) is 11.5 Å². The van der Waals surface area contributed by atoms with Crippen molar-refractivity contribution >= 4 is 12.0 Å². The van der Waals surface area contributed by atoms with Crippen LogP contribution in [0.15, 0.2) is 18.2 Å². The van der Waals surface area contributed by atoms with Crippen LogP contribution in [0.25, 0.3) is 0 Å². The van der Waals surface area contributed by atoms with E-state index in [4.69, 9.17) is 18.9 Å². The van der Waals surface area contributed by atoms with Gasteiger partial charge in [0.05, 0.1) is 25.9 Å². The van der Waals surface area contributed by atoms with Crippen LogP contribution in [0, 0.1) is 17.8 Å². The van der Waals surface area contributed by atoms with E-state index in [1.54, 1.807) is 35.0 Å². The molecule has 234 valence electrons. The highest BCUT2D eigenvalue weighted by atomic mass is 16.6. The summed E-state index contributed by atoms with van der Waals surface area (Å²) in [4.78, 5) is 25.5. The molecule has 0 spiro atoms. The molecule has 1 saturated carbocycles. The van der Waals surface area contributed by atoms with E-state index in [-0.39, 0.29) is 30.2 Å². The van der Waals surface area contributed by atoms with Crippen LogP contribution in [0.3, 0.4) is 0 Å². The third kappa shape index (κ3) is 12.9. The Balaban J connectivity index is 2.15. The molecule has 2 amide bonds. The quantitative estimate of drug-likeness (QED) is 0.229. The van der Waals surface area contributed by atoms with E-state index in [0.717, 1.165) is 37.7 Å². The normalized spacial score (nSPS) is 16.5. The number of hydrogen-bond donors (Lipinski definition) is 3. The zero-order valence-electron chi connectivity index (χ0n) is 26.3. The molecule has 1 unspecified atom stereocenters. The highest BCUT2D eigenvalue weighted by Crippen LogP contribution is 2.31. The number of benzene rings is 1. The van der Waals surface area contributed by atoms with Crippen molar-refractivity contribution in [1.29, 1.82) is 0 Å². The van der Waals surface area contributed by atoms with E-state index in [0.29, 0.717) is 37.6 Å². The third-order valence-electron chi connectivity index (χ3n) is 7.60. The van der Waals surface area contributed by atoms with Crippen molar-refractivity contribution in [2.45, 2.75) is 104 Å². The molecule has 1 aliphatic carbocycles. The molecule has 0 saturated heterocycles. The average Bonchev–Trinajstić information content (AvgIpc) is 2.92. The Hall–Kier alpha value is -2.52. The predicted molar refractivity (Wildman–Crippen MR) is 160 cm³/mol. The van der Waals surface area contributed by atoms with Gasteiger partial charge in [0.2, 0.25) is 5.91 Å². The van der Waals surface area contributed by atoms with Crippen LogP contribution in [0.5, 0.6) is 11.5 Å². The van der Waals surface area contributed by atoms with Crippen LogP contribution in [0.1, 0.15) is 85.1 Å². The van der Waals surface area contributed by atoms with Crippen LogP contribution >= 0.6 is 0 Å². The molecular weight excluding hydrogens is 524 g/mol. The van der Waals surface area contributed by atoms with Crippen LogP contribution < -0.4 is 20.1 Å². The third-order valence-corrected chi connectivity index (χ3v) is 7.60. The Bertz CT molecular complexity index is 925. The number of carbonyl (C=O) groups is 2. The van der Waals surface area contributed by atoms with E-state index >= 15 is 0 Å². The Morgan fingerprint density at radius 1 is 1.05 bits per heavy atom. The van der Waals surface area contributed by atoms with Crippen LogP contribution in [0.2, 0.25) is 0 Å². The molecule has 3 atom stereocenters. The zero-order chi connectivity index (χ0) is 30.4. The number of ether oxygens (including phenoxy) is 4. The van der Waals surface area contributed by atoms with E-state index in [2.05, 4.69) is 24.5 Å². The number of aliphatic hydroxyl groups is 1. The highest BCUT2D eigenvalue weighted by molar-refractivity contribution is 5.78. The van der Waals surface area contributed by atoms with Gasteiger partial charge in [-0.15, -0.1) is 0 Å². The lowest BCUT2D eigenvalue weighted by molar-refractivity contribution is -0.126. The number of amides is 2. The summed E-state index contributed by atoms with van der Waals surface area (Å²) in [6.07, 6.45) is 5.50. The standard InChI is InChI=1S/C32H54N2O7/c1-22(2)25(18-23-14-15-28(39-7)29(19-23)40-17-11-16-38-6)20-26(34-31(37)41-32(3,4)5)27(35)21-33-30(36)24-12-9-8-10-13-24/h14-15,19,22,24-27,35H,8-13,16-18,20-21H2,1-7H3,(H,33,36)(H,34,37)/t25-,26-,27?/m0/s1. The maximum Gasteiger partial charge on any atom is 0.407 e. The summed E-state index contributed by atoms with van der Waals surface area (Å²) >= 11 is 0. The Morgan fingerprint density at radius 3 is 2.37 bits per heavy atom. The molecule has 0 aliphatic heterocycles. The van der Waals surface area contributed by atoms with E-state index in [9.17, 15) is 14.7 Å². The van der Waals surface area contributed by atoms with E-state index in [1.807, 2.05) is 18.2 Å². The average molecular weight is 579 g/mol. The second-order valence-electron chi connectivity index (χ2n) is 12.5. The highest BCUT2D eigenvalue weighted by Gasteiger charge is 2.30. The van der Waals surface area contributed by atoms with Gasteiger partial charge in [-0.3, -0.25) is 4.79 Å². The van der Waals surface area contributed by atoms with Crippen molar-refractivity contribution in [1.82, 2.24) is 10.6 Å². The summed E-state index contributed by atoms with van der Waals surface area (Å²) in [6, 6.07) is 5.32. The van der Waals surface area contributed by atoms with Gasteiger partial charge >= 0.3 is 6.09 Å². The van der Waals surface area contributed by atoms with Gasteiger partial charge in [0.25, 0.3) is 0 Å². The summed E-state index contributed by atoms with van der Waals surface area (Å²) in [5, 5.41) is 17.1. The van der Waals surface area contributed by atoms with Crippen LogP contribution in [0.4, 0.5) is 4.79 Å². The molecular formula is C32H54N2O7. The van der Waals surface area contributed by atoms with Crippen molar-refractivity contribution in [3.63, 3.8) is 0 Å². The Labute approximate surface area is 247 Å². The minimum Gasteiger partial charge on any atom is -0.493 e. The van der Waals surface area contributed by atoms with Gasteiger partial charge in [-0.05, 0) is 76.0 Å². The SMILES string of the molecule is COCCCOc1cc(C[C@@H](C[C@H](NC(=O)OC(C)(C)C)C(O)CNC(=O)C2CCCCC2)C(C)C)ccc1OC. The van der Waals surface area contributed by atoms with Crippen molar-refractivity contribution in [2.24, 2.45) is 17.8 Å². The first-order valence-electron chi connectivity index (χ1n) is 15.2. The number of aliphatic hydroxyl groups excluding tert-OH is 1. The van der Waals surface area contributed by atoms with Crippen molar-refractivity contribution in [3.8, 4) is 11.5 Å². The molecule has 1 fully saturated rings. The van der Waals surface area contributed by atoms with Crippen molar-refractivity contribution < 1.29 is 33.6 Å². The van der Waals surface area contributed by atoms with Crippen LogP contribution in [-0.4, -0.2) is 68.8 Å². The fourth-order valence-corrected chi connectivity index (χ4v) is 5.19. The van der Waals surface area contributed by atoms with Crippen LogP contribution in [-0.2, 0) is 20.7 Å². The van der Waals surface area contributed by atoms with Gasteiger partial charge in [-0.2, -0.15) is 0 Å². The molecule has 0 radical (unpaired) electrons. The van der Waals surface area contributed by atoms with Gasteiger partial charge in [-0.1, -0.05) is 39.2 Å². The molecule has 3 N–H and O–H groups in total. The maximum atomic E-state index is 12.8. The second kappa shape index (κ2) is 17.4. The first kappa shape index (κ1) is 34.7. The van der Waals surface area contributed by atoms with Crippen molar-refractivity contribution in [2.75, 3.05) is 34.0 Å². The molecule has 2 rings (SSSR count). The fraction of sp³-hybridized carbons (Fsp3) is 0.750. The topological polar surface area (TPSA) is 115 Å². The number of alkyl carbamates (subject to hydrolysis) is 1. The molecule has 9 nitrogen and oxygen atoms in total. The number of methoxy groups -OCH3 is 2. The van der Waals surface area contributed by atoms with Gasteiger partial charge < -0.3 is 34.7 Å². The summed E-state index contributed by atoms with van der Waals surface area (Å²) in [6.45, 7) is 10.9. The smallest absolute Gasteiger partial charge is 0.407 e. The van der Waals surface area contributed by atoms with E-state index in [1.165, 1.54) is 6.42 Å². The first-order chi connectivity index (χ1) is 19.4. The molecule has 1 aliphatic rings. The van der Waals surface area contributed by atoms with Gasteiger partial charge in [0, 0.05) is 32.6 Å². The predicted octanol–water partition coefficient (Wildman–Crippen LogP) is 5.27. The molecule has 0 heterocycles. The monoisotopic (exact) mass is 578 g/mol. The lowest BCUT2D eigenvalue weighted by Crippen LogP contribution is -2.51. The molecule has 0 bridgehead atoms. The molecule has 0 aromatic heterocycles. The second-order valence-corrected chi connectivity index (χ2v) is 12.5. The summed E-state index contributed by atoms with van der Waals surface area (Å²) < 4.78 is 22.1. The molecule has 1 aromatic rings. The maximum absolute atomic E-state index is 12.8. The zero-order valence-corrected chi connectivity index (χ0v) is 26.3. The number of rotatable bonds is 16. The number of hydrogen-bond acceptors (Lipinski definition) is 7. The molecule has 9 heteroatoms.